The standard InChI is InChI=1S/C21H29N3O3/c1-14(2)24(17-11-6-5-7-12-17)18(25)13-23-19(26)21(22-20(23)27)15(3)9-8-10-16(21)4/h5-7,11-12,14-16H,8-10,13H2,1-4H3,(H,22,27). The third-order valence-corrected chi connectivity index (χ3v) is 6.10. The molecule has 1 spiro atoms. The number of nitrogens with one attached hydrogen (secondary N) is 1. The fraction of sp³-hybridized carbons (Fsp3) is 0.571. The Labute approximate surface area is 160 Å². The number of amides is 4. The van der Waals surface area contributed by atoms with E-state index in [1.54, 1.807) is 4.90 Å². The second-order valence-corrected chi connectivity index (χ2v) is 8.12. The van der Waals surface area contributed by atoms with Gasteiger partial charge in [-0.05, 0) is 50.7 Å². The largest absolute Gasteiger partial charge is 0.325 e. The van der Waals surface area contributed by atoms with Gasteiger partial charge < -0.3 is 10.2 Å². The molecule has 2 atom stereocenters. The minimum Gasteiger partial charge on any atom is -0.323 e. The third-order valence-electron chi connectivity index (χ3n) is 6.10. The van der Waals surface area contributed by atoms with Gasteiger partial charge in [0, 0.05) is 11.7 Å². The molecule has 1 aromatic carbocycles. The predicted octanol–water partition coefficient (Wildman–Crippen LogP) is 3.17. The lowest BCUT2D eigenvalue weighted by Crippen LogP contribution is -2.59. The molecular formula is C21H29N3O3. The molecule has 2 aliphatic rings. The van der Waals surface area contributed by atoms with Crippen LogP contribution in [0.25, 0.3) is 0 Å². The van der Waals surface area contributed by atoms with Crippen LogP contribution in [0.5, 0.6) is 0 Å². The van der Waals surface area contributed by atoms with Gasteiger partial charge in [0.2, 0.25) is 5.91 Å². The molecule has 1 N–H and O–H groups in total. The summed E-state index contributed by atoms with van der Waals surface area (Å²) in [6.07, 6.45) is 2.86. The Hall–Kier alpha value is -2.37. The van der Waals surface area contributed by atoms with Crippen molar-refractivity contribution < 1.29 is 14.4 Å². The molecular weight excluding hydrogens is 342 g/mol. The molecule has 0 radical (unpaired) electrons. The lowest BCUT2D eigenvalue weighted by atomic mass is 9.67. The van der Waals surface area contributed by atoms with Crippen molar-refractivity contribution in [1.82, 2.24) is 10.2 Å². The van der Waals surface area contributed by atoms with E-state index in [1.165, 1.54) is 0 Å². The number of anilines is 1. The topological polar surface area (TPSA) is 69.7 Å². The summed E-state index contributed by atoms with van der Waals surface area (Å²) in [5.74, 6) is -0.383. The molecule has 6 nitrogen and oxygen atoms in total. The van der Waals surface area contributed by atoms with E-state index in [0.717, 1.165) is 29.8 Å². The highest BCUT2D eigenvalue weighted by Crippen LogP contribution is 2.42. The van der Waals surface area contributed by atoms with Gasteiger partial charge in [-0.2, -0.15) is 0 Å². The lowest BCUT2D eigenvalue weighted by Gasteiger charge is -2.42. The number of carbonyl (C=O) groups is 3. The van der Waals surface area contributed by atoms with Crippen LogP contribution >= 0.6 is 0 Å². The van der Waals surface area contributed by atoms with E-state index in [4.69, 9.17) is 0 Å². The molecule has 4 amide bonds. The Kier molecular flexibility index (Phi) is 5.27. The molecule has 1 saturated heterocycles. The van der Waals surface area contributed by atoms with Crippen LogP contribution in [0.4, 0.5) is 10.5 Å². The smallest absolute Gasteiger partial charge is 0.323 e. The predicted molar refractivity (Wildman–Crippen MR) is 104 cm³/mol. The van der Waals surface area contributed by atoms with Crippen LogP contribution in [0.1, 0.15) is 47.0 Å². The van der Waals surface area contributed by atoms with Gasteiger partial charge in [0.05, 0.1) is 0 Å². The van der Waals surface area contributed by atoms with Crippen LogP contribution in [0.3, 0.4) is 0 Å². The van der Waals surface area contributed by atoms with Gasteiger partial charge in [-0.25, -0.2) is 4.79 Å². The molecule has 1 saturated carbocycles. The van der Waals surface area contributed by atoms with Gasteiger partial charge in [-0.3, -0.25) is 14.5 Å². The summed E-state index contributed by atoms with van der Waals surface area (Å²) in [6.45, 7) is 7.64. The number of imide groups is 1. The first-order chi connectivity index (χ1) is 12.8. The second kappa shape index (κ2) is 7.33. The fourth-order valence-corrected chi connectivity index (χ4v) is 4.63. The zero-order chi connectivity index (χ0) is 19.8. The average Bonchev–Trinajstić information content (AvgIpc) is 2.86. The van der Waals surface area contributed by atoms with Gasteiger partial charge in [-0.1, -0.05) is 38.5 Å². The van der Waals surface area contributed by atoms with Crippen molar-refractivity contribution in [3.05, 3.63) is 30.3 Å². The van der Waals surface area contributed by atoms with Gasteiger partial charge in [-0.15, -0.1) is 0 Å². The molecule has 2 unspecified atom stereocenters. The summed E-state index contributed by atoms with van der Waals surface area (Å²) in [4.78, 5) is 41.7. The maximum absolute atomic E-state index is 13.2. The van der Waals surface area contributed by atoms with Crippen LogP contribution < -0.4 is 10.2 Å². The van der Waals surface area contributed by atoms with Crippen molar-refractivity contribution in [3.8, 4) is 0 Å². The fourth-order valence-electron chi connectivity index (χ4n) is 4.63. The molecule has 1 aromatic rings. The Bertz CT molecular complexity index is 721. The summed E-state index contributed by atoms with van der Waals surface area (Å²) in [7, 11) is 0. The zero-order valence-electron chi connectivity index (χ0n) is 16.6. The Balaban J connectivity index is 1.83. The number of urea groups is 1. The first kappa shape index (κ1) is 19.4. The first-order valence-electron chi connectivity index (χ1n) is 9.80. The zero-order valence-corrected chi connectivity index (χ0v) is 16.6. The highest BCUT2D eigenvalue weighted by Gasteiger charge is 2.58. The van der Waals surface area contributed by atoms with E-state index in [9.17, 15) is 14.4 Å². The molecule has 0 aromatic heterocycles. The van der Waals surface area contributed by atoms with Crippen molar-refractivity contribution >= 4 is 23.5 Å². The van der Waals surface area contributed by atoms with Crippen LogP contribution in [-0.4, -0.2) is 40.9 Å². The van der Waals surface area contributed by atoms with Gasteiger partial charge in [0.1, 0.15) is 12.1 Å². The highest BCUT2D eigenvalue weighted by molar-refractivity contribution is 6.10. The number of carbonyl (C=O) groups excluding carboxylic acids is 3. The summed E-state index contributed by atoms with van der Waals surface area (Å²) in [5, 5.41) is 2.95. The first-order valence-corrected chi connectivity index (χ1v) is 9.80. The number of nitrogens with zero attached hydrogens (tertiary/aromatic N) is 2. The van der Waals surface area contributed by atoms with E-state index < -0.39 is 11.6 Å². The molecule has 0 bridgehead atoms. The SMILES string of the molecule is CC(C)N(C(=O)CN1C(=O)NC2(C1=O)C(C)CCCC2C)c1ccccc1. The van der Waals surface area contributed by atoms with Gasteiger partial charge in [0.15, 0.2) is 0 Å². The number of rotatable bonds is 4. The summed E-state index contributed by atoms with van der Waals surface area (Å²) >= 11 is 0. The van der Waals surface area contributed by atoms with E-state index in [0.29, 0.717) is 0 Å². The number of para-hydroxylation sites is 1. The van der Waals surface area contributed by atoms with Gasteiger partial charge in [0.25, 0.3) is 5.91 Å². The molecule has 3 rings (SSSR count). The molecule has 6 heteroatoms. The Morgan fingerprint density at radius 1 is 1.19 bits per heavy atom. The van der Waals surface area contributed by atoms with Crippen molar-refractivity contribution in [3.63, 3.8) is 0 Å². The van der Waals surface area contributed by atoms with E-state index in [1.807, 2.05) is 58.0 Å². The summed E-state index contributed by atoms with van der Waals surface area (Å²) in [5.41, 5.74) is -0.107. The molecule has 1 aliphatic carbocycles. The molecule has 146 valence electrons. The van der Waals surface area contributed by atoms with Crippen LogP contribution in [0.2, 0.25) is 0 Å². The lowest BCUT2D eigenvalue weighted by molar-refractivity contribution is -0.138. The quantitative estimate of drug-likeness (QED) is 0.827. The number of hydrogen-bond donors (Lipinski definition) is 1. The third kappa shape index (κ3) is 3.22. The number of hydrogen-bond acceptors (Lipinski definition) is 3. The molecule has 1 heterocycles. The second-order valence-electron chi connectivity index (χ2n) is 8.12. The van der Waals surface area contributed by atoms with E-state index in [2.05, 4.69) is 5.32 Å². The van der Waals surface area contributed by atoms with E-state index >= 15 is 0 Å². The maximum Gasteiger partial charge on any atom is 0.325 e. The van der Waals surface area contributed by atoms with Crippen molar-refractivity contribution in [1.29, 1.82) is 0 Å². The minimum absolute atomic E-state index is 0.0631. The van der Waals surface area contributed by atoms with Gasteiger partial charge >= 0.3 is 6.03 Å². The van der Waals surface area contributed by atoms with Crippen molar-refractivity contribution in [2.24, 2.45) is 11.8 Å². The van der Waals surface area contributed by atoms with Crippen molar-refractivity contribution in [2.75, 3.05) is 11.4 Å². The minimum atomic E-state index is -0.870. The van der Waals surface area contributed by atoms with Crippen LogP contribution in [0, 0.1) is 11.8 Å². The molecule has 2 fully saturated rings. The van der Waals surface area contributed by atoms with Crippen LogP contribution in [-0.2, 0) is 9.59 Å². The number of benzene rings is 1. The monoisotopic (exact) mass is 371 g/mol. The highest BCUT2D eigenvalue weighted by atomic mass is 16.2. The average molecular weight is 371 g/mol. The summed E-state index contributed by atoms with van der Waals surface area (Å²) < 4.78 is 0. The van der Waals surface area contributed by atoms with Crippen LogP contribution in [0.15, 0.2) is 30.3 Å². The molecule has 27 heavy (non-hydrogen) atoms. The Morgan fingerprint density at radius 3 is 2.33 bits per heavy atom. The summed E-state index contributed by atoms with van der Waals surface area (Å²) in [6, 6.07) is 8.80. The normalized spacial score (nSPS) is 28.0. The maximum atomic E-state index is 13.2. The van der Waals surface area contributed by atoms with Crippen molar-refractivity contribution in [2.45, 2.75) is 58.5 Å². The van der Waals surface area contributed by atoms with E-state index in [-0.39, 0.29) is 36.2 Å². The molecule has 1 aliphatic heterocycles. The Morgan fingerprint density at radius 2 is 1.78 bits per heavy atom.